The van der Waals surface area contributed by atoms with Crippen LogP contribution in [0, 0.1) is 17.2 Å². The fourth-order valence-electron chi connectivity index (χ4n) is 4.68. The molecule has 2 aromatic rings. The summed E-state index contributed by atoms with van der Waals surface area (Å²) in [6.07, 6.45) is -0.386. The molecule has 0 saturated heterocycles. The van der Waals surface area contributed by atoms with Crippen molar-refractivity contribution in [2.75, 3.05) is 13.6 Å². The summed E-state index contributed by atoms with van der Waals surface area (Å²) in [4.78, 5) is 16.2. The van der Waals surface area contributed by atoms with Crippen molar-refractivity contribution < 1.29 is 18.0 Å². The Bertz CT molecular complexity index is 1300. The normalized spacial score (nSPS) is 23.6. The molecule has 1 amide bonds. The van der Waals surface area contributed by atoms with E-state index in [4.69, 9.17) is 5.73 Å². The average Bonchev–Trinajstić information content (AvgIpc) is 3.26. The van der Waals surface area contributed by atoms with Crippen LogP contribution in [0.2, 0.25) is 0 Å². The zero-order chi connectivity index (χ0) is 26.2. The molecule has 2 bridgehead atoms. The molecule has 6 nitrogen and oxygen atoms in total. The number of nitrogens with zero attached hydrogens (tertiary/aromatic N) is 4. The van der Waals surface area contributed by atoms with Crippen LogP contribution in [0.5, 0.6) is 0 Å². The number of fused-ring (bicyclic) bond motifs is 6. The van der Waals surface area contributed by atoms with Gasteiger partial charge in [0, 0.05) is 36.0 Å². The molecule has 2 aliphatic heterocycles. The molecule has 188 valence electrons. The Morgan fingerprint density at radius 2 is 2.00 bits per heavy atom. The van der Waals surface area contributed by atoms with Gasteiger partial charge in [-0.2, -0.15) is 23.5 Å². The fourth-order valence-corrected chi connectivity index (χ4v) is 5.72. The third-order valence-corrected chi connectivity index (χ3v) is 7.56. The quantitative estimate of drug-likeness (QED) is 0.592. The van der Waals surface area contributed by atoms with E-state index in [0.717, 1.165) is 16.7 Å². The van der Waals surface area contributed by atoms with Gasteiger partial charge in [0.05, 0.1) is 18.8 Å². The smallest absolute Gasteiger partial charge is 0.394 e. The number of carbonyl (C=O) groups is 1. The zero-order valence-electron chi connectivity index (χ0n) is 20.1. The first-order chi connectivity index (χ1) is 17.0. The predicted octanol–water partition coefficient (Wildman–Crippen LogP) is 4.84. The minimum atomic E-state index is -4.77. The maximum absolute atomic E-state index is 13.9. The summed E-state index contributed by atoms with van der Waals surface area (Å²) in [5.41, 5.74) is 5.91. The third kappa shape index (κ3) is 4.88. The second-order valence-electron chi connectivity index (χ2n) is 9.20. The van der Waals surface area contributed by atoms with E-state index in [-0.39, 0.29) is 35.5 Å². The number of allylic oxidation sites excluding steroid dienone is 2. The van der Waals surface area contributed by atoms with E-state index >= 15 is 0 Å². The van der Waals surface area contributed by atoms with Gasteiger partial charge < -0.3 is 10.6 Å². The van der Waals surface area contributed by atoms with Gasteiger partial charge in [0.1, 0.15) is 16.6 Å². The number of rotatable bonds is 1. The lowest BCUT2D eigenvalue weighted by Gasteiger charge is -2.33. The first-order valence-corrected chi connectivity index (χ1v) is 12.3. The van der Waals surface area contributed by atoms with Crippen molar-refractivity contribution in [3.05, 3.63) is 74.6 Å². The van der Waals surface area contributed by atoms with E-state index in [1.807, 2.05) is 13.8 Å². The van der Waals surface area contributed by atoms with Crippen LogP contribution < -0.4 is 5.73 Å². The number of hydrogen-bond donors (Lipinski definition) is 1. The number of nitriles is 1. The highest BCUT2D eigenvalue weighted by molar-refractivity contribution is 7.12. The number of hydrogen-bond acceptors (Lipinski definition) is 6. The maximum Gasteiger partial charge on any atom is 0.431 e. The number of nitrogens with two attached hydrogens (primary N) is 1. The molecule has 1 aromatic heterocycles. The predicted molar refractivity (Wildman–Crippen MR) is 134 cm³/mol. The number of hydrazone groups is 1. The van der Waals surface area contributed by atoms with E-state index in [9.17, 15) is 23.2 Å². The van der Waals surface area contributed by atoms with Crippen LogP contribution in [0.25, 0.3) is 5.57 Å². The summed E-state index contributed by atoms with van der Waals surface area (Å²) in [5.74, 6) is -0.621. The summed E-state index contributed by atoms with van der Waals surface area (Å²) in [6, 6.07) is 10.3. The van der Waals surface area contributed by atoms with Crippen molar-refractivity contribution in [1.29, 1.82) is 5.26 Å². The highest BCUT2D eigenvalue weighted by Crippen LogP contribution is 2.41. The van der Waals surface area contributed by atoms with Gasteiger partial charge in [-0.1, -0.05) is 44.2 Å². The number of halogens is 3. The Kier molecular flexibility index (Phi) is 6.96. The Balaban J connectivity index is 2.01. The lowest BCUT2D eigenvalue weighted by Crippen LogP contribution is -2.37. The molecular weight excluding hydrogens is 487 g/mol. The molecule has 2 N–H and O–H groups in total. The van der Waals surface area contributed by atoms with Crippen molar-refractivity contribution in [3.63, 3.8) is 0 Å². The molecule has 0 radical (unpaired) electrons. The van der Waals surface area contributed by atoms with Crippen LogP contribution in [0.3, 0.4) is 0 Å². The maximum atomic E-state index is 13.9. The first-order valence-electron chi connectivity index (χ1n) is 11.4. The number of amides is 1. The third-order valence-electron chi connectivity index (χ3n) is 6.52. The van der Waals surface area contributed by atoms with E-state index in [0.29, 0.717) is 17.0 Å². The van der Waals surface area contributed by atoms with Crippen LogP contribution >= 0.6 is 11.3 Å². The molecule has 0 aliphatic carbocycles. The van der Waals surface area contributed by atoms with Gasteiger partial charge in [0.25, 0.3) is 0 Å². The van der Waals surface area contributed by atoms with Crippen LogP contribution in [0.4, 0.5) is 13.2 Å². The van der Waals surface area contributed by atoms with Gasteiger partial charge in [0.2, 0.25) is 5.91 Å². The molecule has 1 aromatic carbocycles. The number of thiophene rings is 1. The van der Waals surface area contributed by atoms with Gasteiger partial charge in [0.15, 0.2) is 0 Å². The Morgan fingerprint density at radius 1 is 1.28 bits per heavy atom. The lowest BCUT2D eigenvalue weighted by atomic mass is 9.83. The number of likely N-dealkylation sites (N-methyl/N-ethyl adjacent to an activating group) is 1. The summed E-state index contributed by atoms with van der Waals surface area (Å²) in [6.45, 7) is 4.47. The molecular formula is C26H26F3N5OS. The summed E-state index contributed by atoms with van der Waals surface area (Å²) < 4.78 is 41.7. The summed E-state index contributed by atoms with van der Waals surface area (Å²) >= 11 is 1.30. The van der Waals surface area contributed by atoms with Crippen molar-refractivity contribution in [2.24, 2.45) is 16.8 Å². The van der Waals surface area contributed by atoms with E-state index in [1.165, 1.54) is 22.4 Å². The molecule has 3 heterocycles. The van der Waals surface area contributed by atoms with E-state index in [2.05, 4.69) is 11.2 Å². The Morgan fingerprint density at radius 3 is 2.67 bits per heavy atom. The number of carbonyl (C=O) groups excluding carboxylic acids is 1. The molecule has 2 aliphatic rings. The number of benzene rings is 1. The van der Waals surface area contributed by atoms with E-state index in [1.54, 1.807) is 48.4 Å². The van der Waals surface area contributed by atoms with Crippen LogP contribution in [-0.2, 0) is 11.3 Å². The van der Waals surface area contributed by atoms with Crippen LogP contribution in [0.15, 0.2) is 53.3 Å². The highest BCUT2D eigenvalue weighted by atomic mass is 32.1. The SMILES string of the molecule is CC(C)C1/C=C/C(=O)N2Cc3sc(C#N)cc3[C@@H](C2)c2ccccc2C(=C(/N)C(F)(F)F)/C=N/N1C. The average molecular weight is 514 g/mol. The molecule has 1 unspecified atom stereocenters. The minimum Gasteiger partial charge on any atom is -0.394 e. The topological polar surface area (TPSA) is 85.7 Å². The summed E-state index contributed by atoms with van der Waals surface area (Å²) in [5, 5.41) is 15.4. The van der Waals surface area contributed by atoms with Crippen molar-refractivity contribution in [3.8, 4) is 6.07 Å². The molecule has 0 spiro atoms. The monoisotopic (exact) mass is 513 g/mol. The molecule has 2 atom stereocenters. The van der Waals surface area contributed by atoms with E-state index < -0.39 is 17.8 Å². The second kappa shape index (κ2) is 9.82. The van der Waals surface area contributed by atoms with Crippen LogP contribution in [0.1, 0.15) is 46.2 Å². The first kappa shape index (κ1) is 25.5. The fraction of sp³-hybridized carbons (Fsp3) is 0.346. The highest BCUT2D eigenvalue weighted by Gasteiger charge is 2.37. The van der Waals surface area contributed by atoms with Gasteiger partial charge in [-0.05, 0) is 28.7 Å². The standard InChI is InChI=1S/C26H26F3N5OS/c1-15(2)22-8-9-24(35)34-13-21(19-10-16(11-30)36-23(19)14-34)18-7-5-4-6-17(18)20(12-32-33(22)3)25(31)26(27,28)29/h4-10,12,15,21-22H,13-14,31H2,1-3H3/b9-8+,25-20+,32-12+/t21-,22?/m0/s1. The Hall–Kier alpha value is -3.58. The summed E-state index contributed by atoms with van der Waals surface area (Å²) in [7, 11) is 1.66. The molecule has 4 rings (SSSR count). The minimum absolute atomic E-state index is 0.0252. The van der Waals surface area contributed by atoms with Gasteiger partial charge in [-0.15, -0.1) is 11.3 Å². The van der Waals surface area contributed by atoms with Crippen molar-refractivity contribution in [2.45, 2.75) is 38.5 Å². The van der Waals surface area contributed by atoms with Crippen molar-refractivity contribution in [1.82, 2.24) is 9.91 Å². The second-order valence-corrected chi connectivity index (χ2v) is 10.3. The molecule has 0 saturated carbocycles. The largest absolute Gasteiger partial charge is 0.431 e. The van der Waals surface area contributed by atoms with Gasteiger partial charge in [-0.25, -0.2) is 0 Å². The van der Waals surface area contributed by atoms with Crippen LogP contribution in [-0.4, -0.2) is 47.8 Å². The zero-order valence-corrected chi connectivity index (χ0v) is 20.9. The molecule has 0 fully saturated rings. The molecule has 36 heavy (non-hydrogen) atoms. The van der Waals surface area contributed by atoms with Gasteiger partial charge in [-0.3, -0.25) is 9.80 Å². The van der Waals surface area contributed by atoms with Crippen molar-refractivity contribution >= 4 is 29.0 Å². The molecule has 10 heteroatoms. The van der Waals surface area contributed by atoms with Gasteiger partial charge >= 0.3 is 6.18 Å². The Labute approximate surface area is 211 Å². The lowest BCUT2D eigenvalue weighted by molar-refractivity contribution is -0.127. The number of alkyl halides is 3.